The van der Waals surface area contributed by atoms with Crippen molar-refractivity contribution in [3.8, 4) is 0 Å². The molecule has 1 saturated carbocycles. The summed E-state index contributed by atoms with van der Waals surface area (Å²) in [4.78, 5) is 4.10. The Morgan fingerprint density at radius 1 is 1.47 bits per heavy atom. The number of aromatic nitrogens is 1. The second kappa shape index (κ2) is 5.47. The molecule has 0 saturated heterocycles. The Morgan fingerprint density at radius 2 is 2.27 bits per heavy atom. The fourth-order valence-electron chi connectivity index (χ4n) is 1.81. The molecule has 0 spiro atoms. The quantitative estimate of drug-likeness (QED) is 0.835. The number of halogens is 1. The predicted molar refractivity (Wildman–Crippen MR) is 65.1 cm³/mol. The van der Waals surface area contributed by atoms with Crippen molar-refractivity contribution in [3.63, 3.8) is 0 Å². The Labute approximate surface area is 97.9 Å². The van der Waals surface area contributed by atoms with Crippen molar-refractivity contribution in [2.45, 2.75) is 32.7 Å². The summed E-state index contributed by atoms with van der Waals surface area (Å²) < 4.78 is 0. The first-order valence-electron chi connectivity index (χ1n) is 5.44. The molecule has 1 aromatic rings. The van der Waals surface area contributed by atoms with Gasteiger partial charge in [-0.15, -0.1) is 12.4 Å². The zero-order valence-electron chi connectivity index (χ0n) is 9.20. The SMILES string of the molecule is CCC1(CNCc2cccnc2)CC1.Cl. The summed E-state index contributed by atoms with van der Waals surface area (Å²) in [6.45, 7) is 4.41. The average Bonchev–Trinajstić information content (AvgIpc) is 3.00. The fraction of sp³-hybridized carbons (Fsp3) is 0.583. The lowest BCUT2D eigenvalue weighted by Crippen LogP contribution is -2.23. The van der Waals surface area contributed by atoms with E-state index in [1.54, 1.807) is 0 Å². The molecule has 0 amide bonds. The van der Waals surface area contributed by atoms with Gasteiger partial charge in [0.05, 0.1) is 0 Å². The van der Waals surface area contributed by atoms with Gasteiger partial charge in [-0.25, -0.2) is 0 Å². The summed E-state index contributed by atoms with van der Waals surface area (Å²) in [7, 11) is 0. The van der Waals surface area contributed by atoms with Crippen LogP contribution >= 0.6 is 12.4 Å². The lowest BCUT2D eigenvalue weighted by Gasteiger charge is -2.12. The van der Waals surface area contributed by atoms with Crippen molar-refractivity contribution in [2.75, 3.05) is 6.54 Å². The van der Waals surface area contributed by atoms with Gasteiger partial charge < -0.3 is 5.32 Å². The highest BCUT2D eigenvalue weighted by Crippen LogP contribution is 2.47. The van der Waals surface area contributed by atoms with Crippen LogP contribution in [0.25, 0.3) is 0 Å². The molecule has 15 heavy (non-hydrogen) atoms. The van der Waals surface area contributed by atoms with E-state index in [-0.39, 0.29) is 12.4 Å². The molecule has 2 rings (SSSR count). The normalized spacial score (nSPS) is 16.9. The summed E-state index contributed by atoms with van der Waals surface area (Å²) in [5.74, 6) is 0. The predicted octanol–water partition coefficient (Wildman–Crippen LogP) is 2.78. The number of pyridine rings is 1. The van der Waals surface area contributed by atoms with Gasteiger partial charge in [0.25, 0.3) is 0 Å². The Kier molecular flexibility index (Phi) is 4.55. The van der Waals surface area contributed by atoms with Crippen LogP contribution < -0.4 is 5.32 Å². The Morgan fingerprint density at radius 3 is 2.80 bits per heavy atom. The number of hydrogen-bond donors (Lipinski definition) is 1. The van der Waals surface area contributed by atoms with Crippen LogP contribution in [0.5, 0.6) is 0 Å². The third-order valence-electron chi connectivity index (χ3n) is 3.26. The van der Waals surface area contributed by atoms with E-state index >= 15 is 0 Å². The first-order chi connectivity index (χ1) is 6.85. The number of nitrogens with zero attached hydrogens (tertiary/aromatic N) is 1. The highest BCUT2D eigenvalue weighted by Gasteiger charge is 2.39. The second-order valence-corrected chi connectivity index (χ2v) is 4.32. The van der Waals surface area contributed by atoms with Crippen LogP contribution in [0.4, 0.5) is 0 Å². The first kappa shape index (κ1) is 12.5. The van der Waals surface area contributed by atoms with Crippen LogP contribution in [0.2, 0.25) is 0 Å². The molecule has 1 aliphatic carbocycles. The molecule has 0 radical (unpaired) electrons. The molecule has 1 heterocycles. The van der Waals surface area contributed by atoms with Gasteiger partial charge in [0, 0.05) is 25.5 Å². The van der Waals surface area contributed by atoms with Gasteiger partial charge in [-0.2, -0.15) is 0 Å². The molecular formula is C12H19ClN2. The van der Waals surface area contributed by atoms with Crippen molar-refractivity contribution in [1.82, 2.24) is 10.3 Å². The minimum absolute atomic E-state index is 0. The van der Waals surface area contributed by atoms with E-state index < -0.39 is 0 Å². The Bertz CT molecular complexity index is 283. The fourth-order valence-corrected chi connectivity index (χ4v) is 1.81. The van der Waals surface area contributed by atoms with Crippen molar-refractivity contribution in [1.29, 1.82) is 0 Å². The van der Waals surface area contributed by atoms with Crippen molar-refractivity contribution < 1.29 is 0 Å². The topological polar surface area (TPSA) is 24.9 Å². The summed E-state index contributed by atoms with van der Waals surface area (Å²) >= 11 is 0. The molecule has 0 bridgehead atoms. The molecule has 3 heteroatoms. The van der Waals surface area contributed by atoms with Crippen LogP contribution in [0.1, 0.15) is 31.7 Å². The molecule has 1 fully saturated rings. The number of nitrogens with one attached hydrogen (secondary N) is 1. The lowest BCUT2D eigenvalue weighted by molar-refractivity contribution is 0.443. The van der Waals surface area contributed by atoms with E-state index in [2.05, 4.69) is 23.3 Å². The zero-order chi connectivity index (χ0) is 9.86. The lowest BCUT2D eigenvalue weighted by atomic mass is 10.0. The van der Waals surface area contributed by atoms with Gasteiger partial charge in [-0.3, -0.25) is 4.98 Å². The minimum Gasteiger partial charge on any atom is -0.312 e. The van der Waals surface area contributed by atoms with Gasteiger partial charge in [0.15, 0.2) is 0 Å². The summed E-state index contributed by atoms with van der Waals surface area (Å²) in [6, 6.07) is 4.11. The third-order valence-corrected chi connectivity index (χ3v) is 3.26. The van der Waals surface area contributed by atoms with Crippen molar-refractivity contribution >= 4 is 12.4 Å². The van der Waals surface area contributed by atoms with Crippen molar-refractivity contribution in [2.24, 2.45) is 5.41 Å². The van der Waals surface area contributed by atoms with E-state index in [0.29, 0.717) is 5.41 Å². The second-order valence-electron chi connectivity index (χ2n) is 4.32. The Hall–Kier alpha value is -0.600. The van der Waals surface area contributed by atoms with Gasteiger partial charge >= 0.3 is 0 Å². The van der Waals surface area contributed by atoms with E-state index in [1.165, 1.54) is 31.4 Å². The molecule has 0 unspecified atom stereocenters. The molecule has 84 valence electrons. The molecule has 2 nitrogen and oxygen atoms in total. The monoisotopic (exact) mass is 226 g/mol. The van der Waals surface area contributed by atoms with Crippen LogP contribution in [0.15, 0.2) is 24.5 Å². The highest BCUT2D eigenvalue weighted by atomic mass is 35.5. The average molecular weight is 227 g/mol. The highest BCUT2D eigenvalue weighted by molar-refractivity contribution is 5.85. The molecule has 0 aliphatic heterocycles. The van der Waals surface area contributed by atoms with Crippen LogP contribution in [-0.4, -0.2) is 11.5 Å². The maximum atomic E-state index is 4.10. The Balaban J connectivity index is 0.00000112. The van der Waals surface area contributed by atoms with Gasteiger partial charge in [-0.05, 0) is 36.3 Å². The first-order valence-corrected chi connectivity index (χ1v) is 5.44. The smallest absolute Gasteiger partial charge is 0.0312 e. The van der Waals surface area contributed by atoms with Gasteiger partial charge in [0.2, 0.25) is 0 Å². The molecule has 0 aromatic carbocycles. The van der Waals surface area contributed by atoms with Crippen LogP contribution in [0.3, 0.4) is 0 Å². The van der Waals surface area contributed by atoms with E-state index in [9.17, 15) is 0 Å². The van der Waals surface area contributed by atoms with E-state index in [1.807, 2.05) is 18.5 Å². The molecule has 1 aliphatic rings. The summed E-state index contributed by atoms with van der Waals surface area (Å²) in [6.07, 6.45) is 7.87. The number of hydrogen-bond acceptors (Lipinski definition) is 2. The molecular weight excluding hydrogens is 208 g/mol. The minimum atomic E-state index is 0. The maximum absolute atomic E-state index is 4.10. The molecule has 0 atom stereocenters. The largest absolute Gasteiger partial charge is 0.312 e. The van der Waals surface area contributed by atoms with Gasteiger partial charge in [-0.1, -0.05) is 13.0 Å². The molecule has 1 N–H and O–H groups in total. The van der Waals surface area contributed by atoms with Gasteiger partial charge in [0.1, 0.15) is 0 Å². The number of rotatable bonds is 5. The van der Waals surface area contributed by atoms with Crippen molar-refractivity contribution in [3.05, 3.63) is 30.1 Å². The summed E-state index contributed by atoms with van der Waals surface area (Å²) in [5.41, 5.74) is 1.92. The zero-order valence-corrected chi connectivity index (χ0v) is 10.0. The standard InChI is InChI=1S/C12H18N2.ClH/c1-2-12(5-6-12)10-14-9-11-4-3-7-13-8-11;/h3-4,7-8,14H,2,5-6,9-10H2,1H3;1H. The third kappa shape index (κ3) is 3.47. The van der Waals surface area contributed by atoms with Crippen LogP contribution in [-0.2, 0) is 6.54 Å². The molecule has 1 aromatic heterocycles. The van der Waals surface area contributed by atoms with Crippen LogP contribution in [0, 0.1) is 5.41 Å². The maximum Gasteiger partial charge on any atom is 0.0312 e. The van der Waals surface area contributed by atoms with E-state index in [4.69, 9.17) is 0 Å². The summed E-state index contributed by atoms with van der Waals surface area (Å²) in [5, 5.41) is 3.52. The van der Waals surface area contributed by atoms with E-state index in [0.717, 1.165) is 6.54 Å².